The monoisotopic (exact) mass is 526 g/mol. The SMILES string of the molecule is CC(C)c1nc(N2CCC3(CCc4cc(-c5ccc(CS(=O)(=O)CCCO)cn5)ccc4O3)CC2)no1. The Morgan fingerprint density at radius 3 is 2.62 bits per heavy atom. The summed E-state index contributed by atoms with van der Waals surface area (Å²) in [6, 6.07) is 9.85. The normalized spacial score (nSPS) is 17.1. The molecule has 5 rings (SSSR count). The molecule has 3 aromatic rings. The van der Waals surface area contributed by atoms with Crippen LogP contribution in [0.4, 0.5) is 5.95 Å². The van der Waals surface area contributed by atoms with E-state index < -0.39 is 9.84 Å². The van der Waals surface area contributed by atoms with E-state index >= 15 is 0 Å². The van der Waals surface area contributed by atoms with Gasteiger partial charge in [-0.3, -0.25) is 4.98 Å². The van der Waals surface area contributed by atoms with Gasteiger partial charge in [0.05, 0.1) is 17.2 Å². The van der Waals surface area contributed by atoms with Gasteiger partial charge in [0, 0.05) is 50.2 Å². The Balaban J connectivity index is 1.22. The molecule has 0 unspecified atom stereocenters. The zero-order valence-electron chi connectivity index (χ0n) is 21.4. The predicted octanol–water partition coefficient (Wildman–Crippen LogP) is 3.92. The molecule has 1 spiro atoms. The van der Waals surface area contributed by atoms with Gasteiger partial charge in [0.25, 0.3) is 5.95 Å². The molecule has 9 nitrogen and oxygen atoms in total. The standard InChI is InChI=1S/C27H34N4O5S/c1-19(2)25-29-26(30-36-25)31-12-10-27(11-13-31)9-8-22-16-21(5-7-24(22)35-27)23-6-4-20(17-28-23)18-37(33,34)15-3-14-32/h4-7,16-17,19,32H,3,8-15,18H2,1-2H3. The lowest BCUT2D eigenvalue weighted by atomic mass is 9.83. The maximum atomic E-state index is 12.2. The van der Waals surface area contributed by atoms with E-state index in [0.717, 1.165) is 55.8 Å². The summed E-state index contributed by atoms with van der Waals surface area (Å²) < 4.78 is 36.3. The van der Waals surface area contributed by atoms with E-state index in [1.165, 1.54) is 5.56 Å². The first-order valence-electron chi connectivity index (χ1n) is 12.9. The molecule has 2 aliphatic rings. The lowest BCUT2D eigenvalue weighted by Gasteiger charge is -2.44. The number of aromatic nitrogens is 3. The molecule has 1 N–H and O–H groups in total. The average Bonchev–Trinajstić information content (AvgIpc) is 3.39. The molecule has 1 saturated heterocycles. The van der Waals surface area contributed by atoms with E-state index in [1.807, 2.05) is 38.1 Å². The van der Waals surface area contributed by atoms with Crippen molar-refractivity contribution in [2.75, 3.05) is 30.3 Å². The van der Waals surface area contributed by atoms with Crippen molar-refractivity contribution in [1.29, 1.82) is 0 Å². The topological polar surface area (TPSA) is 119 Å². The number of piperidine rings is 1. The van der Waals surface area contributed by atoms with Gasteiger partial charge in [-0.25, -0.2) is 8.42 Å². The van der Waals surface area contributed by atoms with Crippen molar-refractivity contribution in [1.82, 2.24) is 15.1 Å². The maximum absolute atomic E-state index is 12.2. The highest BCUT2D eigenvalue weighted by Crippen LogP contribution is 2.41. The summed E-state index contributed by atoms with van der Waals surface area (Å²) >= 11 is 0. The third kappa shape index (κ3) is 5.80. The number of benzene rings is 1. The van der Waals surface area contributed by atoms with Crippen molar-refractivity contribution < 1.29 is 22.8 Å². The molecule has 0 saturated carbocycles. The first kappa shape index (κ1) is 25.7. The zero-order chi connectivity index (χ0) is 26.0. The molecule has 0 atom stereocenters. The molecule has 0 bridgehead atoms. The van der Waals surface area contributed by atoms with Crippen LogP contribution in [0.1, 0.15) is 62.5 Å². The second kappa shape index (κ2) is 10.4. The first-order valence-corrected chi connectivity index (χ1v) is 14.8. The number of nitrogens with zero attached hydrogens (tertiary/aromatic N) is 4. The van der Waals surface area contributed by atoms with Crippen molar-refractivity contribution >= 4 is 15.8 Å². The summed E-state index contributed by atoms with van der Waals surface area (Å²) in [5.41, 5.74) is 3.44. The van der Waals surface area contributed by atoms with Gasteiger partial charge in [-0.1, -0.05) is 19.9 Å². The summed E-state index contributed by atoms with van der Waals surface area (Å²) in [7, 11) is -3.25. The average molecular weight is 527 g/mol. The largest absolute Gasteiger partial charge is 0.487 e. The number of aryl methyl sites for hydroxylation is 1. The number of fused-ring (bicyclic) bond motifs is 1. The minimum Gasteiger partial charge on any atom is -0.487 e. The molecular weight excluding hydrogens is 492 g/mol. The Bertz CT molecular complexity index is 1330. The number of aliphatic hydroxyl groups is 1. The van der Waals surface area contributed by atoms with Crippen LogP contribution in [0.25, 0.3) is 11.3 Å². The van der Waals surface area contributed by atoms with Crippen molar-refractivity contribution in [3.8, 4) is 17.0 Å². The van der Waals surface area contributed by atoms with Gasteiger partial charge in [-0.2, -0.15) is 4.98 Å². The lowest BCUT2D eigenvalue weighted by Crippen LogP contribution is -2.50. The third-order valence-electron chi connectivity index (χ3n) is 7.24. The van der Waals surface area contributed by atoms with Crippen LogP contribution in [0.15, 0.2) is 41.1 Å². The number of ether oxygens (including phenoxy) is 1. The van der Waals surface area contributed by atoms with E-state index in [9.17, 15) is 8.42 Å². The number of rotatable bonds is 8. The number of pyridine rings is 1. The Hall–Kier alpha value is -2.98. The van der Waals surface area contributed by atoms with E-state index in [1.54, 1.807) is 6.20 Å². The van der Waals surface area contributed by atoms with Crippen molar-refractivity contribution in [3.05, 3.63) is 53.5 Å². The van der Waals surface area contributed by atoms with Crippen LogP contribution in [0.3, 0.4) is 0 Å². The number of anilines is 1. The van der Waals surface area contributed by atoms with Crippen molar-refractivity contribution in [2.24, 2.45) is 0 Å². The first-order chi connectivity index (χ1) is 17.8. The molecule has 2 aliphatic heterocycles. The fraction of sp³-hybridized carbons (Fsp3) is 0.519. The molecular formula is C27H34N4O5S. The van der Waals surface area contributed by atoms with Gasteiger partial charge < -0.3 is 19.3 Å². The summed E-state index contributed by atoms with van der Waals surface area (Å²) in [5, 5.41) is 13.0. The van der Waals surface area contributed by atoms with Gasteiger partial charge in [-0.05, 0) is 59.8 Å². The minimum atomic E-state index is -3.25. The van der Waals surface area contributed by atoms with Gasteiger partial charge in [-0.15, -0.1) is 0 Å². The van der Waals surface area contributed by atoms with E-state index in [2.05, 4.69) is 26.1 Å². The number of aliphatic hydroxyl groups excluding tert-OH is 1. The van der Waals surface area contributed by atoms with Gasteiger partial charge >= 0.3 is 0 Å². The van der Waals surface area contributed by atoms with Crippen LogP contribution in [0.5, 0.6) is 5.75 Å². The Kier molecular flexibility index (Phi) is 7.22. The fourth-order valence-corrected chi connectivity index (χ4v) is 6.42. The van der Waals surface area contributed by atoms with Crippen LogP contribution in [-0.2, 0) is 22.0 Å². The molecule has 10 heteroatoms. The highest BCUT2D eigenvalue weighted by atomic mass is 32.2. The maximum Gasteiger partial charge on any atom is 0.266 e. The van der Waals surface area contributed by atoms with Crippen LogP contribution in [0, 0.1) is 0 Å². The number of hydrogen-bond donors (Lipinski definition) is 1. The highest BCUT2D eigenvalue weighted by molar-refractivity contribution is 7.90. The Morgan fingerprint density at radius 1 is 1.14 bits per heavy atom. The lowest BCUT2D eigenvalue weighted by molar-refractivity contribution is 0.0223. The molecule has 0 radical (unpaired) electrons. The summed E-state index contributed by atoms with van der Waals surface area (Å²) in [6.07, 6.45) is 5.58. The third-order valence-corrected chi connectivity index (χ3v) is 8.92. The van der Waals surface area contributed by atoms with E-state index in [4.69, 9.17) is 14.4 Å². The van der Waals surface area contributed by atoms with Crippen molar-refractivity contribution in [3.63, 3.8) is 0 Å². The highest BCUT2D eigenvalue weighted by Gasteiger charge is 2.40. The summed E-state index contributed by atoms with van der Waals surface area (Å²) in [5.74, 6) is 2.39. The van der Waals surface area contributed by atoms with Gasteiger partial charge in [0.15, 0.2) is 9.84 Å². The van der Waals surface area contributed by atoms with Gasteiger partial charge in [0.2, 0.25) is 5.89 Å². The molecule has 1 fully saturated rings. The summed E-state index contributed by atoms with van der Waals surface area (Å²) in [4.78, 5) is 11.2. The summed E-state index contributed by atoms with van der Waals surface area (Å²) in [6.45, 7) is 5.62. The Labute approximate surface area is 217 Å². The predicted molar refractivity (Wildman–Crippen MR) is 140 cm³/mol. The molecule has 37 heavy (non-hydrogen) atoms. The van der Waals surface area contributed by atoms with Crippen LogP contribution < -0.4 is 9.64 Å². The van der Waals surface area contributed by atoms with Crippen molar-refractivity contribution in [2.45, 2.75) is 63.2 Å². The van der Waals surface area contributed by atoms with Crippen LogP contribution in [-0.4, -0.2) is 59.7 Å². The quantitative estimate of drug-likeness (QED) is 0.466. The molecule has 0 aliphatic carbocycles. The Morgan fingerprint density at radius 2 is 1.95 bits per heavy atom. The molecule has 1 aromatic carbocycles. The smallest absolute Gasteiger partial charge is 0.266 e. The van der Waals surface area contributed by atoms with E-state index in [-0.39, 0.29) is 36.1 Å². The number of sulfone groups is 1. The van der Waals surface area contributed by atoms with E-state index in [0.29, 0.717) is 17.4 Å². The molecule has 2 aromatic heterocycles. The molecule has 4 heterocycles. The second-order valence-electron chi connectivity index (χ2n) is 10.4. The zero-order valence-corrected chi connectivity index (χ0v) is 22.2. The van der Waals surface area contributed by atoms with Crippen LogP contribution >= 0.6 is 0 Å². The fourth-order valence-electron chi connectivity index (χ4n) is 5.03. The molecule has 0 amide bonds. The van der Waals surface area contributed by atoms with Gasteiger partial charge in [0.1, 0.15) is 11.4 Å². The van der Waals surface area contributed by atoms with Crippen LogP contribution in [0.2, 0.25) is 0 Å². The second-order valence-corrected chi connectivity index (χ2v) is 12.6. The number of hydrogen-bond acceptors (Lipinski definition) is 9. The molecule has 198 valence electrons. The minimum absolute atomic E-state index is 0.0221.